The van der Waals surface area contributed by atoms with E-state index in [9.17, 15) is 4.79 Å². The molecule has 0 fully saturated rings. The zero-order chi connectivity index (χ0) is 17.8. The lowest BCUT2D eigenvalue weighted by atomic mass is 10.1. The van der Waals surface area contributed by atoms with Gasteiger partial charge in [0.05, 0.1) is 12.8 Å². The second-order valence-corrected chi connectivity index (χ2v) is 5.92. The van der Waals surface area contributed by atoms with Crippen LogP contribution < -0.4 is 20.1 Å². The fourth-order valence-electron chi connectivity index (χ4n) is 2.75. The Morgan fingerprint density at radius 1 is 1.24 bits per heavy atom. The number of nitrogens with two attached hydrogens (primary N) is 1. The van der Waals surface area contributed by atoms with E-state index < -0.39 is 0 Å². The molecule has 1 heterocycles. The molecule has 0 saturated heterocycles. The van der Waals surface area contributed by atoms with Crippen LogP contribution in [-0.4, -0.2) is 19.6 Å². The second-order valence-electron chi connectivity index (χ2n) is 5.92. The summed E-state index contributed by atoms with van der Waals surface area (Å²) >= 11 is 0. The minimum Gasteiger partial charge on any atom is -0.497 e. The van der Waals surface area contributed by atoms with Crippen LogP contribution in [0.5, 0.6) is 11.5 Å². The average molecular weight is 338 g/mol. The van der Waals surface area contributed by atoms with Gasteiger partial charge in [0.1, 0.15) is 5.75 Å². The maximum Gasteiger partial charge on any atom is 0.294 e. The van der Waals surface area contributed by atoms with Gasteiger partial charge < -0.3 is 20.1 Å². The topological polar surface area (TPSA) is 64.8 Å². The summed E-state index contributed by atoms with van der Waals surface area (Å²) in [5.41, 5.74) is 8.06. The first-order chi connectivity index (χ1) is 12.1. The third-order valence-corrected chi connectivity index (χ3v) is 4.08. The molecule has 0 unspecified atom stereocenters. The van der Waals surface area contributed by atoms with Gasteiger partial charge in [0, 0.05) is 12.2 Å². The minimum atomic E-state index is -0.158. The number of hydrogen-bond acceptors (Lipinski definition) is 4. The highest BCUT2D eigenvalue weighted by Crippen LogP contribution is 2.37. The van der Waals surface area contributed by atoms with Gasteiger partial charge in [-0.1, -0.05) is 25.5 Å². The van der Waals surface area contributed by atoms with Crippen molar-refractivity contribution in [1.29, 1.82) is 0 Å². The van der Waals surface area contributed by atoms with Crippen molar-refractivity contribution < 1.29 is 14.3 Å². The first-order valence-corrected chi connectivity index (χ1v) is 8.37. The molecule has 0 aliphatic carbocycles. The summed E-state index contributed by atoms with van der Waals surface area (Å²) in [5, 5.41) is 0. The van der Waals surface area contributed by atoms with Gasteiger partial charge in [-0.15, -0.1) is 0 Å². The predicted octanol–water partition coefficient (Wildman–Crippen LogP) is 3.84. The number of fused-ring (bicyclic) bond motifs is 1. The van der Waals surface area contributed by atoms with Gasteiger partial charge in [-0.25, -0.2) is 0 Å². The molecular formula is C20H22N2O3. The molecule has 1 aliphatic heterocycles. The lowest BCUT2D eigenvalue weighted by Gasteiger charge is -2.30. The number of ether oxygens (including phenoxy) is 2. The van der Waals surface area contributed by atoms with E-state index >= 15 is 0 Å². The predicted molar refractivity (Wildman–Crippen MR) is 99.7 cm³/mol. The van der Waals surface area contributed by atoms with Gasteiger partial charge in [-0.3, -0.25) is 4.79 Å². The number of carbonyl (C=O) groups excluding carboxylic acids is 1. The van der Waals surface area contributed by atoms with E-state index in [4.69, 9.17) is 15.2 Å². The Morgan fingerprint density at radius 2 is 2.08 bits per heavy atom. The van der Waals surface area contributed by atoms with Crippen molar-refractivity contribution in [2.24, 2.45) is 0 Å². The molecule has 2 N–H and O–H groups in total. The van der Waals surface area contributed by atoms with Gasteiger partial charge >= 0.3 is 0 Å². The van der Waals surface area contributed by atoms with Crippen molar-refractivity contribution in [1.82, 2.24) is 0 Å². The van der Waals surface area contributed by atoms with Crippen LogP contribution in [-0.2, 0) is 4.79 Å². The van der Waals surface area contributed by atoms with Crippen LogP contribution in [0.15, 0.2) is 48.2 Å². The summed E-state index contributed by atoms with van der Waals surface area (Å²) in [6, 6.07) is 12.9. The Morgan fingerprint density at radius 3 is 2.84 bits per heavy atom. The Bertz CT molecular complexity index is 814. The number of rotatable bonds is 5. The molecule has 0 radical (unpaired) electrons. The summed E-state index contributed by atoms with van der Waals surface area (Å²) in [6.07, 6.45) is 3.65. The quantitative estimate of drug-likeness (QED) is 0.664. The highest BCUT2D eigenvalue weighted by atomic mass is 16.5. The molecule has 0 aromatic heterocycles. The Hall–Kier alpha value is -2.95. The van der Waals surface area contributed by atoms with Gasteiger partial charge in [-0.05, 0) is 48.4 Å². The van der Waals surface area contributed by atoms with Crippen LogP contribution in [0, 0.1) is 0 Å². The highest BCUT2D eigenvalue weighted by Gasteiger charge is 2.30. The molecule has 1 aliphatic rings. The van der Waals surface area contributed by atoms with Crippen LogP contribution in [0.25, 0.3) is 6.08 Å². The smallest absolute Gasteiger partial charge is 0.294 e. The molecule has 25 heavy (non-hydrogen) atoms. The SMILES string of the molecule is CCCCN1C(=O)/C(=C\c2cccc(OC)c2)Oc2ccc(N)cc21. The molecule has 3 rings (SSSR count). The number of amides is 1. The molecular weight excluding hydrogens is 316 g/mol. The first kappa shape index (κ1) is 16.9. The van der Waals surface area contributed by atoms with Gasteiger partial charge in [0.25, 0.3) is 5.91 Å². The number of nitrogens with zero attached hydrogens (tertiary/aromatic N) is 1. The number of unbranched alkanes of at least 4 members (excludes halogenated alkanes) is 1. The number of hydrogen-bond donors (Lipinski definition) is 1. The van der Waals surface area contributed by atoms with Gasteiger partial charge in [0.15, 0.2) is 11.5 Å². The van der Waals surface area contributed by atoms with E-state index in [1.165, 1.54) is 0 Å². The maximum absolute atomic E-state index is 12.9. The summed E-state index contributed by atoms with van der Waals surface area (Å²) in [5.74, 6) is 1.50. The molecule has 0 bridgehead atoms. The second kappa shape index (κ2) is 7.30. The lowest BCUT2D eigenvalue weighted by molar-refractivity contribution is -0.117. The lowest BCUT2D eigenvalue weighted by Crippen LogP contribution is -2.38. The van der Waals surface area contributed by atoms with E-state index in [-0.39, 0.29) is 5.91 Å². The van der Waals surface area contributed by atoms with Gasteiger partial charge in [-0.2, -0.15) is 0 Å². The van der Waals surface area contributed by atoms with Crippen LogP contribution >= 0.6 is 0 Å². The molecule has 2 aromatic carbocycles. The molecule has 5 heteroatoms. The Balaban J connectivity index is 2.00. The molecule has 1 amide bonds. The van der Waals surface area contributed by atoms with Crippen molar-refractivity contribution >= 4 is 23.4 Å². The van der Waals surface area contributed by atoms with E-state index in [1.807, 2.05) is 24.3 Å². The monoisotopic (exact) mass is 338 g/mol. The molecule has 0 atom stereocenters. The fourth-order valence-corrected chi connectivity index (χ4v) is 2.75. The summed E-state index contributed by atoms with van der Waals surface area (Å²) in [6.45, 7) is 2.72. The molecule has 130 valence electrons. The molecule has 0 saturated carbocycles. The van der Waals surface area contributed by atoms with E-state index in [2.05, 4.69) is 6.92 Å². The van der Waals surface area contributed by atoms with Crippen molar-refractivity contribution in [3.63, 3.8) is 0 Å². The van der Waals surface area contributed by atoms with Crippen LogP contribution in [0.2, 0.25) is 0 Å². The van der Waals surface area contributed by atoms with E-state index in [0.717, 1.165) is 29.8 Å². The fraction of sp³-hybridized carbons (Fsp3) is 0.250. The zero-order valence-electron chi connectivity index (χ0n) is 14.5. The van der Waals surface area contributed by atoms with Crippen LogP contribution in [0.3, 0.4) is 0 Å². The summed E-state index contributed by atoms with van der Waals surface area (Å²) < 4.78 is 11.1. The highest BCUT2D eigenvalue weighted by molar-refractivity contribution is 6.10. The number of nitrogen functional groups attached to an aromatic ring is 1. The third-order valence-electron chi connectivity index (χ3n) is 4.08. The number of benzene rings is 2. The number of anilines is 2. The summed E-state index contributed by atoms with van der Waals surface area (Å²) in [4.78, 5) is 14.7. The average Bonchev–Trinajstić information content (AvgIpc) is 2.62. The summed E-state index contributed by atoms with van der Waals surface area (Å²) in [7, 11) is 1.61. The maximum atomic E-state index is 12.9. The van der Waals surface area contributed by atoms with Crippen LogP contribution in [0.4, 0.5) is 11.4 Å². The largest absolute Gasteiger partial charge is 0.497 e. The third kappa shape index (κ3) is 3.60. The first-order valence-electron chi connectivity index (χ1n) is 8.37. The minimum absolute atomic E-state index is 0.158. The zero-order valence-corrected chi connectivity index (χ0v) is 14.5. The molecule has 2 aromatic rings. The normalized spacial score (nSPS) is 15.0. The Kier molecular flexibility index (Phi) is 4.93. The Labute approximate surface area is 147 Å². The number of carbonyl (C=O) groups is 1. The van der Waals surface area contributed by atoms with Crippen LogP contribution in [0.1, 0.15) is 25.3 Å². The number of methoxy groups -OCH3 is 1. The van der Waals surface area contributed by atoms with Crippen molar-refractivity contribution in [2.75, 3.05) is 24.3 Å². The molecule has 5 nitrogen and oxygen atoms in total. The van der Waals surface area contributed by atoms with Gasteiger partial charge in [0.2, 0.25) is 0 Å². The van der Waals surface area contributed by atoms with E-state index in [0.29, 0.717) is 23.7 Å². The van der Waals surface area contributed by atoms with Crippen molar-refractivity contribution in [2.45, 2.75) is 19.8 Å². The van der Waals surface area contributed by atoms with E-state index in [1.54, 1.807) is 36.3 Å². The molecule has 0 spiro atoms. The van der Waals surface area contributed by atoms with Crippen molar-refractivity contribution in [3.05, 3.63) is 53.8 Å². The van der Waals surface area contributed by atoms with Crippen molar-refractivity contribution in [3.8, 4) is 11.5 Å². The standard InChI is InChI=1S/C20H22N2O3/c1-3-4-10-22-17-13-15(21)8-9-18(17)25-19(20(22)23)12-14-6-5-7-16(11-14)24-2/h5-9,11-13H,3-4,10,21H2,1-2H3/b19-12+.